The predicted octanol–water partition coefficient (Wildman–Crippen LogP) is 3.66. The molecule has 0 radical (unpaired) electrons. The Morgan fingerprint density at radius 1 is 1.43 bits per heavy atom. The quantitative estimate of drug-likeness (QED) is 0.690. The maximum atomic E-state index is 11.2. The van der Waals surface area contributed by atoms with E-state index in [-0.39, 0.29) is 5.92 Å². The Bertz CT molecular complexity index is 804. The van der Waals surface area contributed by atoms with Crippen LogP contribution in [0.15, 0.2) is 28.9 Å². The number of hydrogen-bond donors (Lipinski definition) is 0. The summed E-state index contributed by atoms with van der Waals surface area (Å²) in [4.78, 5) is 15.5. The van der Waals surface area contributed by atoms with Crippen molar-refractivity contribution in [2.24, 2.45) is 0 Å². The van der Waals surface area contributed by atoms with Crippen molar-refractivity contribution in [2.45, 2.75) is 26.3 Å². The fourth-order valence-electron chi connectivity index (χ4n) is 2.23. The summed E-state index contributed by atoms with van der Waals surface area (Å²) in [5.74, 6) is 1.40. The van der Waals surface area contributed by atoms with E-state index in [9.17, 15) is 4.79 Å². The van der Waals surface area contributed by atoms with Crippen LogP contribution in [0.4, 0.5) is 0 Å². The molecule has 2 aromatic heterocycles. The van der Waals surface area contributed by atoms with Gasteiger partial charge in [0, 0.05) is 28.1 Å². The first-order chi connectivity index (χ1) is 10.1. The average molecular weight is 304 g/mol. The van der Waals surface area contributed by atoms with Crippen LogP contribution >= 0.6 is 11.6 Å². The highest BCUT2D eigenvalue weighted by Crippen LogP contribution is 2.24. The van der Waals surface area contributed by atoms with Crippen molar-refractivity contribution in [2.75, 3.05) is 0 Å². The van der Waals surface area contributed by atoms with Gasteiger partial charge in [-0.05, 0) is 12.1 Å². The Kier molecular flexibility index (Phi) is 3.51. The molecule has 0 amide bonds. The topological polar surface area (TPSA) is 60.9 Å². The van der Waals surface area contributed by atoms with Crippen molar-refractivity contribution in [3.63, 3.8) is 0 Å². The lowest BCUT2D eigenvalue weighted by atomic mass is 10.2. The highest BCUT2D eigenvalue weighted by Gasteiger charge is 2.13. The minimum absolute atomic E-state index is 0.212. The number of hydrogen-bond acceptors (Lipinski definition) is 4. The lowest BCUT2D eigenvalue weighted by Gasteiger charge is -2.01. The molecule has 0 atom stereocenters. The van der Waals surface area contributed by atoms with Crippen LogP contribution in [0.25, 0.3) is 10.9 Å². The number of rotatable bonds is 4. The maximum Gasteiger partial charge on any atom is 0.246 e. The molecule has 3 rings (SSSR count). The number of aromatic nitrogens is 3. The predicted molar refractivity (Wildman–Crippen MR) is 79.8 cm³/mol. The molecule has 108 valence electrons. The molecular formula is C15H14ClN3O2. The third kappa shape index (κ3) is 2.56. The number of carbonyl (C=O) groups is 1. The number of carbonyl (C=O) groups excluding carboxylic acids is 1. The van der Waals surface area contributed by atoms with Crippen LogP contribution in [0.5, 0.6) is 0 Å². The first kappa shape index (κ1) is 13.8. The van der Waals surface area contributed by atoms with Crippen LogP contribution in [0, 0.1) is 0 Å². The van der Waals surface area contributed by atoms with Gasteiger partial charge in [-0.15, -0.1) is 0 Å². The molecular weight excluding hydrogens is 290 g/mol. The van der Waals surface area contributed by atoms with Gasteiger partial charge in [0.25, 0.3) is 0 Å². The van der Waals surface area contributed by atoms with Crippen LogP contribution in [0.3, 0.4) is 0 Å². The molecule has 0 spiro atoms. The molecule has 0 saturated carbocycles. The van der Waals surface area contributed by atoms with Gasteiger partial charge in [-0.2, -0.15) is 4.98 Å². The minimum Gasteiger partial charge on any atom is -0.337 e. The zero-order chi connectivity index (χ0) is 15.0. The van der Waals surface area contributed by atoms with Crippen LogP contribution in [0.1, 0.15) is 41.8 Å². The average Bonchev–Trinajstić information content (AvgIpc) is 3.04. The molecule has 0 bridgehead atoms. The Morgan fingerprint density at radius 2 is 2.24 bits per heavy atom. The highest BCUT2D eigenvalue weighted by atomic mass is 35.5. The van der Waals surface area contributed by atoms with E-state index >= 15 is 0 Å². The van der Waals surface area contributed by atoms with E-state index in [1.54, 1.807) is 12.3 Å². The first-order valence-corrected chi connectivity index (χ1v) is 7.02. The van der Waals surface area contributed by atoms with Crippen LogP contribution < -0.4 is 0 Å². The fraction of sp³-hybridized carbons (Fsp3) is 0.267. The Labute approximate surface area is 126 Å². The van der Waals surface area contributed by atoms with Crippen LogP contribution in [-0.2, 0) is 6.54 Å². The molecule has 5 nitrogen and oxygen atoms in total. The molecule has 21 heavy (non-hydrogen) atoms. The van der Waals surface area contributed by atoms with Crippen molar-refractivity contribution < 1.29 is 9.32 Å². The van der Waals surface area contributed by atoms with E-state index in [2.05, 4.69) is 10.1 Å². The van der Waals surface area contributed by atoms with E-state index in [1.807, 2.05) is 30.5 Å². The largest absolute Gasteiger partial charge is 0.337 e. The van der Waals surface area contributed by atoms with E-state index in [0.717, 1.165) is 17.2 Å². The first-order valence-electron chi connectivity index (χ1n) is 6.64. The van der Waals surface area contributed by atoms with E-state index < -0.39 is 0 Å². The van der Waals surface area contributed by atoms with Gasteiger partial charge < -0.3 is 9.09 Å². The second-order valence-electron chi connectivity index (χ2n) is 5.19. The van der Waals surface area contributed by atoms with Gasteiger partial charge in [0.15, 0.2) is 12.1 Å². The van der Waals surface area contributed by atoms with Gasteiger partial charge in [0.05, 0.1) is 5.52 Å². The summed E-state index contributed by atoms with van der Waals surface area (Å²) in [5, 5.41) is 5.42. The molecule has 0 aliphatic rings. The number of aldehydes is 1. The van der Waals surface area contributed by atoms with Gasteiger partial charge in [-0.25, -0.2) is 0 Å². The van der Waals surface area contributed by atoms with Gasteiger partial charge >= 0.3 is 0 Å². The third-order valence-electron chi connectivity index (χ3n) is 3.31. The SMILES string of the molecule is CC(C)c1noc(Cn2cc(C=O)c3ccc(Cl)cc32)n1. The van der Waals surface area contributed by atoms with Gasteiger partial charge in [0.1, 0.15) is 6.54 Å². The minimum atomic E-state index is 0.212. The zero-order valence-electron chi connectivity index (χ0n) is 11.7. The van der Waals surface area contributed by atoms with E-state index in [4.69, 9.17) is 16.1 Å². The maximum absolute atomic E-state index is 11.2. The zero-order valence-corrected chi connectivity index (χ0v) is 12.5. The smallest absolute Gasteiger partial charge is 0.246 e. The summed E-state index contributed by atoms with van der Waals surface area (Å²) in [6, 6.07) is 5.43. The van der Waals surface area contributed by atoms with Crippen molar-refractivity contribution in [1.29, 1.82) is 0 Å². The third-order valence-corrected chi connectivity index (χ3v) is 3.54. The number of nitrogens with zero attached hydrogens (tertiary/aromatic N) is 3. The normalized spacial score (nSPS) is 11.4. The number of fused-ring (bicyclic) bond motifs is 1. The summed E-state index contributed by atoms with van der Waals surface area (Å²) in [5.41, 5.74) is 1.49. The van der Waals surface area contributed by atoms with Crippen molar-refractivity contribution in [3.05, 3.63) is 46.7 Å². The summed E-state index contributed by atoms with van der Waals surface area (Å²) in [6.45, 7) is 4.42. The van der Waals surface area contributed by atoms with E-state index in [0.29, 0.717) is 28.8 Å². The summed E-state index contributed by atoms with van der Waals surface area (Å²) in [7, 11) is 0. The number of halogens is 1. The van der Waals surface area contributed by atoms with Crippen molar-refractivity contribution in [1.82, 2.24) is 14.7 Å². The molecule has 2 heterocycles. The lowest BCUT2D eigenvalue weighted by Crippen LogP contribution is -1.99. The number of benzene rings is 1. The summed E-state index contributed by atoms with van der Waals surface area (Å²) >= 11 is 6.04. The molecule has 0 saturated heterocycles. The standard InChI is InChI=1S/C15H14ClN3O2/c1-9(2)15-17-14(21-18-15)7-19-6-10(8-20)12-4-3-11(16)5-13(12)19/h3-6,8-9H,7H2,1-2H3. The van der Waals surface area contributed by atoms with Gasteiger partial charge in [0.2, 0.25) is 5.89 Å². The molecule has 3 aromatic rings. The lowest BCUT2D eigenvalue weighted by molar-refractivity contribution is 0.112. The molecule has 1 aromatic carbocycles. The van der Waals surface area contributed by atoms with Gasteiger partial charge in [-0.3, -0.25) is 4.79 Å². The highest BCUT2D eigenvalue weighted by molar-refractivity contribution is 6.31. The van der Waals surface area contributed by atoms with E-state index in [1.165, 1.54) is 0 Å². The van der Waals surface area contributed by atoms with Gasteiger partial charge in [-0.1, -0.05) is 36.7 Å². The monoisotopic (exact) mass is 303 g/mol. The molecule has 0 N–H and O–H groups in total. The van der Waals surface area contributed by atoms with Crippen LogP contribution in [-0.4, -0.2) is 21.0 Å². The molecule has 0 aliphatic carbocycles. The fourth-order valence-corrected chi connectivity index (χ4v) is 2.40. The molecule has 6 heteroatoms. The summed E-state index contributed by atoms with van der Waals surface area (Å²) < 4.78 is 7.14. The molecule has 0 unspecified atom stereocenters. The summed E-state index contributed by atoms with van der Waals surface area (Å²) in [6.07, 6.45) is 2.60. The van der Waals surface area contributed by atoms with Crippen LogP contribution in [0.2, 0.25) is 5.02 Å². The van der Waals surface area contributed by atoms with Crippen molar-refractivity contribution in [3.8, 4) is 0 Å². The molecule has 0 fully saturated rings. The van der Waals surface area contributed by atoms with Crippen molar-refractivity contribution >= 4 is 28.8 Å². The second kappa shape index (κ2) is 5.33. The Morgan fingerprint density at radius 3 is 2.90 bits per heavy atom. The molecule has 0 aliphatic heterocycles. The second-order valence-corrected chi connectivity index (χ2v) is 5.63. The Hall–Kier alpha value is -2.14. The Balaban J connectivity index is 2.03.